The van der Waals surface area contributed by atoms with Crippen molar-refractivity contribution in [2.24, 2.45) is 11.0 Å². The van der Waals surface area contributed by atoms with Gasteiger partial charge in [0.25, 0.3) is 0 Å². The zero-order valence-electron chi connectivity index (χ0n) is 18.0. The van der Waals surface area contributed by atoms with E-state index in [4.69, 9.17) is 0 Å². The van der Waals surface area contributed by atoms with Crippen molar-refractivity contribution in [3.05, 3.63) is 46.4 Å². The first-order chi connectivity index (χ1) is 13.8. The molecule has 8 heteroatoms. The summed E-state index contributed by atoms with van der Waals surface area (Å²) in [6.07, 6.45) is 4.15. The molecular weight excluding hydrogens is 368 g/mol. The van der Waals surface area contributed by atoms with Crippen LogP contribution in [0.3, 0.4) is 0 Å². The average Bonchev–Trinajstić information content (AvgIpc) is 3.02. The predicted molar refractivity (Wildman–Crippen MR) is 117 cm³/mol. The summed E-state index contributed by atoms with van der Waals surface area (Å²) in [7, 11) is 1.83. The van der Waals surface area contributed by atoms with E-state index in [1.165, 1.54) is 10.2 Å². The van der Waals surface area contributed by atoms with Crippen LogP contribution in [0.1, 0.15) is 46.1 Å². The van der Waals surface area contributed by atoms with E-state index in [-0.39, 0.29) is 12.0 Å². The molecule has 1 aromatic carbocycles. The first-order valence-corrected chi connectivity index (χ1v) is 10.2. The largest absolute Gasteiger partial charge is 0.377 e. The summed E-state index contributed by atoms with van der Waals surface area (Å²) in [5, 5.41) is 11.3. The zero-order chi connectivity index (χ0) is 21.4. The third kappa shape index (κ3) is 6.30. The highest BCUT2D eigenvalue weighted by atomic mass is 16.2. The maximum absolute atomic E-state index is 12.8. The van der Waals surface area contributed by atoms with Gasteiger partial charge in [0, 0.05) is 25.8 Å². The van der Waals surface area contributed by atoms with E-state index in [1.807, 2.05) is 57.8 Å². The molecule has 1 unspecified atom stereocenters. The second-order valence-corrected chi connectivity index (χ2v) is 7.61. The summed E-state index contributed by atoms with van der Waals surface area (Å²) >= 11 is 0. The second-order valence-electron chi connectivity index (χ2n) is 7.61. The Morgan fingerprint density at radius 1 is 1.28 bits per heavy atom. The van der Waals surface area contributed by atoms with Gasteiger partial charge in [-0.1, -0.05) is 51.1 Å². The lowest BCUT2D eigenvalue weighted by Gasteiger charge is -2.15. The summed E-state index contributed by atoms with van der Waals surface area (Å²) < 4.78 is 2.04. The molecule has 158 valence electrons. The number of nitrogens with one attached hydrogen (secondary N) is 1. The van der Waals surface area contributed by atoms with E-state index in [0.29, 0.717) is 12.5 Å². The van der Waals surface area contributed by atoms with Crippen molar-refractivity contribution in [3.63, 3.8) is 0 Å². The van der Waals surface area contributed by atoms with Crippen molar-refractivity contribution < 1.29 is 4.79 Å². The smallest absolute Gasteiger partial charge is 0.342 e. The molecule has 0 aliphatic rings. The molecule has 0 saturated carbocycles. The predicted octanol–water partition coefficient (Wildman–Crippen LogP) is 2.96. The van der Waals surface area contributed by atoms with Gasteiger partial charge in [-0.05, 0) is 37.7 Å². The van der Waals surface area contributed by atoms with E-state index in [0.717, 1.165) is 23.9 Å². The van der Waals surface area contributed by atoms with Crippen LogP contribution in [0.5, 0.6) is 0 Å². The third-order valence-electron chi connectivity index (χ3n) is 4.39. The van der Waals surface area contributed by atoms with E-state index < -0.39 is 11.7 Å². The molecule has 0 saturated heterocycles. The van der Waals surface area contributed by atoms with Gasteiger partial charge < -0.3 is 10.2 Å². The molecule has 1 heterocycles. The Balaban J connectivity index is 2.16. The third-order valence-corrected chi connectivity index (χ3v) is 4.39. The van der Waals surface area contributed by atoms with Crippen LogP contribution in [0, 0.1) is 5.92 Å². The molecule has 0 radical (unpaired) electrons. The van der Waals surface area contributed by atoms with Crippen LogP contribution in [0.25, 0.3) is 0 Å². The number of amides is 1. The normalized spacial score (nSPS) is 12.5. The summed E-state index contributed by atoms with van der Waals surface area (Å²) in [6.45, 7) is 8.59. The molecule has 1 N–H and O–H groups in total. The number of aryl methyl sites for hydroxylation is 1. The van der Waals surface area contributed by atoms with Crippen LogP contribution >= 0.6 is 0 Å². The minimum atomic E-state index is -0.576. The Kier molecular flexibility index (Phi) is 8.18. The number of aromatic nitrogens is 3. The minimum Gasteiger partial charge on any atom is -0.342 e. The van der Waals surface area contributed by atoms with Crippen LogP contribution < -0.4 is 15.9 Å². The lowest BCUT2D eigenvalue weighted by Crippen LogP contribution is -2.41. The Morgan fingerprint density at radius 3 is 2.59 bits per heavy atom. The fourth-order valence-electron chi connectivity index (χ4n) is 2.83. The summed E-state index contributed by atoms with van der Waals surface area (Å²) in [6, 6.07) is 9.45. The Morgan fingerprint density at radius 2 is 1.97 bits per heavy atom. The highest BCUT2D eigenvalue weighted by Crippen LogP contribution is 2.08. The monoisotopic (exact) mass is 400 g/mol. The van der Waals surface area contributed by atoms with Crippen molar-refractivity contribution in [2.45, 2.75) is 53.0 Å². The molecule has 1 aromatic heterocycles. The molecule has 1 amide bonds. The lowest BCUT2D eigenvalue weighted by molar-refractivity contribution is 0.235. The number of hydrogen-bond donors (Lipinski definition) is 1. The molecule has 2 rings (SSSR count). The highest BCUT2D eigenvalue weighted by molar-refractivity contribution is 5.76. The molecule has 0 spiro atoms. The molecule has 1 atom stereocenters. The molecule has 0 fully saturated rings. The van der Waals surface area contributed by atoms with Crippen molar-refractivity contribution in [1.82, 2.24) is 19.8 Å². The first-order valence-electron chi connectivity index (χ1n) is 10.2. The maximum Gasteiger partial charge on any atom is 0.377 e. The van der Waals surface area contributed by atoms with Gasteiger partial charge in [-0.2, -0.15) is 5.10 Å². The Bertz CT molecular complexity index is 869. The molecule has 8 nitrogen and oxygen atoms in total. The molecule has 29 heavy (non-hydrogen) atoms. The van der Waals surface area contributed by atoms with Gasteiger partial charge in [-0.25, -0.2) is 9.59 Å². The van der Waals surface area contributed by atoms with E-state index in [9.17, 15) is 9.59 Å². The fraction of sp³-hybridized carbons (Fsp3) is 0.524. The number of carbonyl (C=O) groups is 1. The molecule has 0 aliphatic heterocycles. The molecular formula is C21H32N6O2. The van der Waals surface area contributed by atoms with Gasteiger partial charge in [0.2, 0.25) is 5.95 Å². The fourth-order valence-corrected chi connectivity index (χ4v) is 2.83. The van der Waals surface area contributed by atoms with Crippen molar-refractivity contribution in [2.75, 3.05) is 18.5 Å². The maximum atomic E-state index is 12.8. The summed E-state index contributed by atoms with van der Waals surface area (Å²) in [5.41, 5.74) is 0.633. The van der Waals surface area contributed by atoms with Crippen LogP contribution in [-0.2, 0) is 6.42 Å². The molecule has 2 aromatic rings. The minimum absolute atomic E-state index is 0.101. The van der Waals surface area contributed by atoms with Crippen LogP contribution in [0.2, 0.25) is 0 Å². The van der Waals surface area contributed by atoms with Crippen molar-refractivity contribution >= 4 is 18.2 Å². The second kappa shape index (κ2) is 10.6. The Labute approximate surface area is 172 Å². The van der Waals surface area contributed by atoms with Gasteiger partial charge in [-0.3, -0.25) is 0 Å². The van der Waals surface area contributed by atoms with Crippen LogP contribution in [0.15, 0.2) is 40.2 Å². The number of benzene rings is 1. The van der Waals surface area contributed by atoms with Gasteiger partial charge in [0.15, 0.2) is 0 Å². The zero-order valence-corrected chi connectivity index (χ0v) is 18.0. The summed E-state index contributed by atoms with van der Waals surface area (Å²) in [5.74, 6) is 0.516. The van der Waals surface area contributed by atoms with Gasteiger partial charge in [-0.15, -0.1) is 14.5 Å². The van der Waals surface area contributed by atoms with Gasteiger partial charge in [0.05, 0.1) is 0 Å². The molecule has 0 aliphatic carbocycles. The molecule has 0 bridgehead atoms. The van der Waals surface area contributed by atoms with Crippen LogP contribution in [0.4, 0.5) is 10.7 Å². The van der Waals surface area contributed by atoms with Crippen molar-refractivity contribution in [3.8, 4) is 0 Å². The highest BCUT2D eigenvalue weighted by Gasteiger charge is 2.21. The Hall–Kier alpha value is -2.90. The lowest BCUT2D eigenvalue weighted by atomic mass is 10.1. The summed E-state index contributed by atoms with van der Waals surface area (Å²) in [4.78, 5) is 27.3. The number of anilines is 1. The van der Waals surface area contributed by atoms with E-state index in [1.54, 1.807) is 6.21 Å². The van der Waals surface area contributed by atoms with Crippen LogP contribution in [-0.4, -0.2) is 46.3 Å². The first kappa shape index (κ1) is 22.4. The van der Waals surface area contributed by atoms with E-state index in [2.05, 4.69) is 27.6 Å². The number of nitrogens with zero attached hydrogens (tertiary/aromatic N) is 5. The topological polar surface area (TPSA) is 84.5 Å². The van der Waals surface area contributed by atoms with Gasteiger partial charge in [0.1, 0.15) is 0 Å². The van der Waals surface area contributed by atoms with E-state index >= 15 is 0 Å². The number of hydrogen-bond acceptors (Lipinski definition) is 5. The number of rotatable bonds is 9. The van der Waals surface area contributed by atoms with Gasteiger partial charge >= 0.3 is 11.7 Å². The van der Waals surface area contributed by atoms with Crippen molar-refractivity contribution in [1.29, 1.82) is 0 Å². The quantitative estimate of drug-likeness (QED) is 0.656. The SMILES string of the molecule is CCCN(C)c1nn(C(=O)NC(C)CCc2ccccc2)c(=O)n1N=CC(C)C. The average molecular weight is 401 g/mol. The number of carbonyl (C=O) groups excluding carboxylic acids is 1. The standard InChI is InChI=1S/C21H32N6O2/c1-6-14-25(5)19-24-27(21(29)26(19)22-15-16(2)3)20(28)23-17(4)12-13-18-10-8-7-9-11-18/h7-11,15-17H,6,12-14H2,1-5H3,(H,23,28).